The first kappa shape index (κ1) is 23.1. The molecule has 0 spiro atoms. The van der Waals surface area contributed by atoms with Crippen LogP contribution in [0.4, 0.5) is 4.39 Å². The molecule has 0 unspecified atom stereocenters. The van der Waals surface area contributed by atoms with Crippen molar-refractivity contribution in [3.8, 4) is 11.5 Å². The van der Waals surface area contributed by atoms with Crippen molar-refractivity contribution >= 4 is 33.6 Å². The van der Waals surface area contributed by atoms with Gasteiger partial charge in [-0.1, -0.05) is 17.7 Å². The van der Waals surface area contributed by atoms with Crippen molar-refractivity contribution in [3.05, 3.63) is 58.9 Å². The van der Waals surface area contributed by atoms with Crippen LogP contribution in [0.3, 0.4) is 0 Å². The SMILES string of the molecule is COc1cc(/C=C/C(=O)N2CCN(S(=O)(=O)c3cccc(F)c3)CC2)cc(Cl)c1OC. The standard InChI is InChI=1S/C21H22ClFN2O5S/c1-29-19-13-15(12-18(22)21(19)30-2)6-7-20(26)24-8-10-25(11-9-24)31(27,28)17-5-3-4-16(23)14-17/h3-7,12-14H,8-11H2,1-2H3/b7-6+. The Hall–Kier alpha value is -2.62. The summed E-state index contributed by atoms with van der Waals surface area (Å²) in [5.41, 5.74) is 0.656. The molecular formula is C21H22ClFN2O5S. The number of ether oxygens (including phenoxy) is 2. The summed E-state index contributed by atoms with van der Waals surface area (Å²) in [4.78, 5) is 14.0. The zero-order chi connectivity index (χ0) is 22.6. The molecule has 2 aromatic rings. The maximum Gasteiger partial charge on any atom is 0.246 e. The number of amides is 1. The highest BCUT2D eigenvalue weighted by Crippen LogP contribution is 2.36. The van der Waals surface area contributed by atoms with Gasteiger partial charge < -0.3 is 14.4 Å². The summed E-state index contributed by atoms with van der Waals surface area (Å²) in [6.07, 6.45) is 3.00. The number of hydrogen-bond acceptors (Lipinski definition) is 5. The molecule has 0 radical (unpaired) electrons. The van der Waals surface area contributed by atoms with Gasteiger partial charge in [0.2, 0.25) is 15.9 Å². The summed E-state index contributed by atoms with van der Waals surface area (Å²) in [6.45, 7) is 0.704. The monoisotopic (exact) mass is 468 g/mol. The van der Waals surface area contributed by atoms with Crippen molar-refractivity contribution in [2.45, 2.75) is 4.90 Å². The van der Waals surface area contributed by atoms with Crippen LogP contribution in [0, 0.1) is 5.82 Å². The number of carbonyl (C=O) groups is 1. The van der Waals surface area contributed by atoms with E-state index in [9.17, 15) is 17.6 Å². The molecule has 1 aliphatic rings. The molecule has 31 heavy (non-hydrogen) atoms. The van der Waals surface area contributed by atoms with E-state index in [1.165, 1.54) is 42.8 Å². The number of nitrogens with zero attached hydrogens (tertiary/aromatic N) is 2. The zero-order valence-corrected chi connectivity index (χ0v) is 18.6. The Morgan fingerprint density at radius 3 is 2.42 bits per heavy atom. The summed E-state index contributed by atoms with van der Waals surface area (Å²) in [6, 6.07) is 8.23. The summed E-state index contributed by atoms with van der Waals surface area (Å²) >= 11 is 6.18. The zero-order valence-electron chi connectivity index (χ0n) is 17.0. The summed E-state index contributed by atoms with van der Waals surface area (Å²) in [5, 5.41) is 0.352. The maximum atomic E-state index is 13.4. The minimum Gasteiger partial charge on any atom is -0.493 e. The van der Waals surface area contributed by atoms with E-state index in [0.29, 0.717) is 22.1 Å². The molecule has 1 fully saturated rings. The number of carbonyl (C=O) groups excluding carboxylic acids is 1. The van der Waals surface area contributed by atoms with Crippen molar-refractivity contribution in [1.29, 1.82) is 0 Å². The second-order valence-corrected chi connectivity index (χ2v) is 9.10. The Bertz CT molecular complexity index is 1100. The van der Waals surface area contributed by atoms with E-state index in [1.54, 1.807) is 23.1 Å². The Labute approximate surface area is 185 Å². The molecule has 1 heterocycles. The molecule has 0 aromatic heterocycles. The molecule has 10 heteroatoms. The number of hydrogen-bond donors (Lipinski definition) is 0. The number of rotatable bonds is 6. The van der Waals surface area contributed by atoms with Gasteiger partial charge in [-0.05, 0) is 42.0 Å². The predicted octanol–water partition coefficient (Wildman–Crippen LogP) is 3.04. The molecular weight excluding hydrogens is 447 g/mol. The molecule has 1 amide bonds. The second kappa shape index (κ2) is 9.67. The van der Waals surface area contributed by atoms with E-state index in [-0.39, 0.29) is 37.0 Å². The van der Waals surface area contributed by atoms with E-state index in [4.69, 9.17) is 21.1 Å². The third-order valence-electron chi connectivity index (χ3n) is 4.86. The molecule has 0 atom stereocenters. The highest BCUT2D eigenvalue weighted by atomic mass is 35.5. The van der Waals surface area contributed by atoms with Gasteiger partial charge in [-0.15, -0.1) is 0 Å². The van der Waals surface area contributed by atoms with Crippen LogP contribution in [0.25, 0.3) is 6.08 Å². The van der Waals surface area contributed by atoms with Gasteiger partial charge in [0.15, 0.2) is 11.5 Å². The molecule has 0 aliphatic carbocycles. The topological polar surface area (TPSA) is 76.2 Å². The summed E-state index contributed by atoms with van der Waals surface area (Å²) in [5.74, 6) is -0.0226. The minimum atomic E-state index is -3.81. The normalized spacial score (nSPS) is 15.3. The molecule has 0 saturated carbocycles. The third kappa shape index (κ3) is 5.17. The first-order chi connectivity index (χ1) is 14.8. The first-order valence-electron chi connectivity index (χ1n) is 9.40. The molecule has 2 aromatic carbocycles. The van der Waals surface area contributed by atoms with Crippen LogP contribution in [-0.4, -0.2) is 63.9 Å². The first-order valence-corrected chi connectivity index (χ1v) is 11.2. The summed E-state index contributed by atoms with van der Waals surface area (Å²) < 4.78 is 50.4. The van der Waals surface area contributed by atoms with E-state index in [2.05, 4.69) is 0 Å². The Morgan fingerprint density at radius 1 is 1.10 bits per heavy atom. The molecule has 3 rings (SSSR count). The van der Waals surface area contributed by atoms with Gasteiger partial charge in [0, 0.05) is 32.3 Å². The fraction of sp³-hybridized carbons (Fsp3) is 0.286. The fourth-order valence-corrected chi connectivity index (χ4v) is 4.98. The summed E-state index contributed by atoms with van der Waals surface area (Å²) in [7, 11) is -0.838. The van der Waals surface area contributed by atoms with Crippen LogP contribution in [-0.2, 0) is 14.8 Å². The molecule has 1 saturated heterocycles. The Kier molecular flexibility index (Phi) is 7.19. The fourth-order valence-electron chi connectivity index (χ4n) is 3.23. The van der Waals surface area contributed by atoms with Crippen molar-refractivity contribution in [1.82, 2.24) is 9.21 Å². The largest absolute Gasteiger partial charge is 0.493 e. The Balaban J connectivity index is 1.65. The van der Waals surface area contributed by atoms with E-state index < -0.39 is 15.8 Å². The van der Waals surface area contributed by atoms with Gasteiger partial charge in [-0.25, -0.2) is 12.8 Å². The molecule has 7 nitrogen and oxygen atoms in total. The van der Waals surface area contributed by atoms with Crippen LogP contribution in [0.5, 0.6) is 11.5 Å². The lowest BCUT2D eigenvalue weighted by Crippen LogP contribution is -2.50. The van der Waals surface area contributed by atoms with Gasteiger partial charge in [0.05, 0.1) is 24.1 Å². The van der Waals surface area contributed by atoms with Crippen molar-refractivity contribution in [2.75, 3.05) is 40.4 Å². The molecule has 1 aliphatic heterocycles. The van der Waals surface area contributed by atoms with Crippen LogP contribution < -0.4 is 9.47 Å². The molecule has 0 bridgehead atoms. The third-order valence-corrected chi connectivity index (χ3v) is 7.03. The van der Waals surface area contributed by atoms with Gasteiger partial charge >= 0.3 is 0 Å². The Morgan fingerprint density at radius 2 is 1.81 bits per heavy atom. The number of piperazine rings is 1. The van der Waals surface area contributed by atoms with Gasteiger partial charge in [-0.3, -0.25) is 4.79 Å². The van der Waals surface area contributed by atoms with Crippen LogP contribution in [0.2, 0.25) is 5.02 Å². The number of methoxy groups -OCH3 is 2. The highest BCUT2D eigenvalue weighted by Gasteiger charge is 2.29. The maximum absolute atomic E-state index is 13.4. The van der Waals surface area contributed by atoms with E-state index >= 15 is 0 Å². The van der Waals surface area contributed by atoms with Crippen LogP contribution >= 0.6 is 11.6 Å². The van der Waals surface area contributed by atoms with Crippen molar-refractivity contribution in [2.24, 2.45) is 0 Å². The number of sulfonamides is 1. The van der Waals surface area contributed by atoms with Crippen molar-refractivity contribution < 1.29 is 27.1 Å². The van der Waals surface area contributed by atoms with E-state index in [0.717, 1.165) is 6.07 Å². The van der Waals surface area contributed by atoms with E-state index in [1.807, 2.05) is 0 Å². The molecule has 166 valence electrons. The molecule has 0 N–H and O–H groups in total. The van der Waals surface area contributed by atoms with Crippen LogP contribution in [0.15, 0.2) is 47.4 Å². The smallest absolute Gasteiger partial charge is 0.246 e. The minimum absolute atomic E-state index is 0.0995. The van der Waals surface area contributed by atoms with Crippen LogP contribution in [0.1, 0.15) is 5.56 Å². The predicted molar refractivity (Wildman–Crippen MR) is 115 cm³/mol. The lowest BCUT2D eigenvalue weighted by molar-refractivity contribution is -0.127. The quantitative estimate of drug-likeness (QED) is 0.609. The van der Waals surface area contributed by atoms with Crippen molar-refractivity contribution in [3.63, 3.8) is 0 Å². The van der Waals surface area contributed by atoms with Gasteiger partial charge in [-0.2, -0.15) is 4.31 Å². The average Bonchev–Trinajstić information content (AvgIpc) is 2.77. The van der Waals surface area contributed by atoms with Gasteiger partial charge in [0.1, 0.15) is 5.82 Å². The van der Waals surface area contributed by atoms with Gasteiger partial charge in [0.25, 0.3) is 0 Å². The number of benzene rings is 2. The lowest BCUT2D eigenvalue weighted by Gasteiger charge is -2.33. The average molecular weight is 469 g/mol. The lowest BCUT2D eigenvalue weighted by atomic mass is 10.1. The number of halogens is 2. The highest BCUT2D eigenvalue weighted by molar-refractivity contribution is 7.89. The second-order valence-electron chi connectivity index (χ2n) is 6.76.